The number of rotatable bonds is 4. The average Bonchev–Trinajstić information content (AvgIpc) is 3.21. The molecule has 154 valence electrons. The van der Waals surface area contributed by atoms with E-state index in [-0.39, 0.29) is 12.1 Å². The summed E-state index contributed by atoms with van der Waals surface area (Å²) in [6, 6.07) is 12.1. The molecule has 0 amide bonds. The maximum atomic E-state index is 13.4. The molecule has 3 aromatic rings. The smallest absolute Gasteiger partial charge is 0.263 e. The van der Waals surface area contributed by atoms with Crippen LogP contribution in [0.5, 0.6) is 0 Å². The summed E-state index contributed by atoms with van der Waals surface area (Å²) >= 11 is 1.52. The van der Waals surface area contributed by atoms with Gasteiger partial charge in [-0.25, -0.2) is 4.98 Å². The predicted molar refractivity (Wildman–Crippen MR) is 120 cm³/mol. The Bertz CT molecular complexity index is 1140. The van der Waals surface area contributed by atoms with E-state index in [1.54, 1.807) is 4.57 Å². The molecule has 0 radical (unpaired) electrons. The molecule has 0 unspecified atom stereocenters. The first-order chi connectivity index (χ1) is 14.7. The number of benzene rings is 1. The minimum absolute atomic E-state index is 0.0427. The fraction of sp³-hybridized carbons (Fsp3) is 0.458. The largest absolute Gasteiger partial charge is 0.296 e. The van der Waals surface area contributed by atoms with Crippen LogP contribution in [0.1, 0.15) is 37.9 Å². The summed E-state index contributed by atoms with van der Waals surface area (Å²) in [6.07, 6.45) is 6.66. The summed E-state index contributed by atoms with van der Waals surface area (Å²) in [7, 11) is 0. The lowest BCUT2D eigenvalue weighted by Gasteiger charge is -2.41. The highest BCUT2D eigenvalue weighted by molar-refractivity contribution is 7.17. The molecule has 2 aliphatic rings. The molecule has 1 aromatic carbocycles. The van der Waals surface area contributed by atoms with E-state index in [1.165, 1.54) is 43.4 Å². The fourth-order valence-electron chi connectivity index (χ4n) is 5.27. The molecule has 2 aromatic heterocycles. The van der Waals surface area contributed by atoms with E-state index < -0.39 is 0 Å². The fourth-order valence-corrected chi connectivity index (χ4v) is 6.23. The van der Waals surface area contributed by atoms with Gasteiger partial charge in [-0.2, -0.15) is 5.26 Å². The highest BCUT2D eigenvalue weighted by atomic mass is 32.1. The molecule has 30 heavy (non-hydrogen) atoms. The number of aromatic nitrogens is 2. The van der Waals surface area contributed by atoms with Crippen molar-refractivity contribution in [2.24, 2.45) is 11.8 Å². The zero-order chi connectivity index (χ0) is 20.5. The molecule has 5 rings (SSSR count). The third-order valence-electron chi connectivity index (χ3n) is 6.83. The average molecular weight is 419 g/mol. The summed E-state index contributed by atoms with van der Waals surface area (Å²) in [5.74, 6) is 2.38. The molecule has 3 heterocycles. The predicted octanol–water partition coefficient (Wildman–Crippen LogP) is 4.66. The Morgan fingerprint density at radius 1 is 1.13 bits per heavy atom. The molecule has 0 spiro atoms. The van der Waals surface area contributed by atoms with Crippen LogP contribution in [0.25, 0.3) is 21.3 Å². The van der Waals surface area contributed by atoms with E-state index in [2.05, 4.69) is 11.0 Å². The standard InChI is InChI=1S/C24H26N4OS/c25-11-13-28-21(15-27-12-10-17-6-4-5-9-19(17)14-27)26-23-22(24(28)29)20(16-30-23)18-7-2-1-3-8-18/h1-3,7-8,16-17,19H,4-6,9-10,12-15H2/t17-,19+/m1/s1. The summed E-state index contributed by atoms with van der Waals surface area (Å²) in [5.41, 5.74) is 1.83. The zero-order valence-corrected chi connectivity index (χ0v) is 17.9. The van der Waals surface area contributed by atoms with Crippen LogP contribution < -0.4 is 5.56 Å². The molecule has 6 heteroatoms. The quantitative estimate of drug-likeness (QED) is 0.618. The zero-order valence-electron chi connectivity index (χ0n) is 17.1. The maximum absolute atomic E-state index is 13.4. The van der Waals surface area contributed by atoms with Gasteiger partial charge < -0.3 is 0 Å². The maximum Gasteiger partial charge on any atom is 0.263 e. The van der Waals surface area contributed by atoms with Crippen molar-refractivity contribution < 1.29 is 0 Å². The second-order valence-corrected chi connectivity index (χ2v) is 9.46. The van der Waals surface area contributed by atoms with Crippen LogP contribution in [0, 0.1) is 23.2 Å². The second-order valence-electron chi connectivity index (χ2n) is 8.60. The van der Waals surface area contributed by atoms with E-state index >= 15 is 0 Å². The molecule has 0 bridgehead atoms. The van der Waals surface area contributed by atoms with Crippen molar-refractivity contribution in [1.82, 2.24) is 14.5 Å². The molecule has 2 fully saturated rings. The third-order valence-corrected chi connectivity index (χ3v) is 7.70. The van der Waals surface area contributed by atoms with Crippen molar-refractivity contribution in [2.75, 3.05) is 13.1 Å². The van der Waals surface area contributed by atoms with Crippen LogP contribution in [0.15, 0.2) is 40.5 Å². The molecule has 0 N–H and O–H groups in total. The van der Waals surface area contributed by atoms with Gasteiger partial charge in [0.05, 0.1) is 18.0 Å². The van der Waals surface area contributed by atoms with E-state index in [1.807, 2.05) is 35.7 Å². The molecule has 1 aliphatic carbocycles. The Kier molecular flexibility index (Phi) is 5.41. The van der Waals surface area contributed by atoms with E-state index in [4.69, 9.17) is 4.98 Å². The normalized spacial score (nSPS) is 22.0. The van der Waals surface area contributed by atoms with Gasteiger partial charge in [-0.1, -0.05) is 49.6 Å². The molecule has 1 saturated heterocycles. The number of fused-ring (bicyclic) bond motifs is 2. The Morgan fingerprint density at radius 2 is 1.93 bits per heavy atom. The van der Waals surface area contributed by atoms with Crippen LogP contribution in [0.4, 0.5) is 0 Å². The van der Waals surface area contributed by atoms with Crippen LogP contribution in [0.3, 0.4) is 0 Å². The minimum Gasteiger partial charge on any atom is -0.296 e. The Morgan fingerprint density at radius 3 is 2.73 bits per heavy atom. The Balaban J connectivity index is 1.50. The second kappa shape index (κ2) is 8.33. The van der Waals surface area contributed by atoms with Crippen molar-refractivity contribution in [3.63, 3.8) is 0 Å². The molecule has 1 saturated carbocycles. The van der Waals surface area contributed by atoms with Gasteiger partial charge in [-0.15, -0.1) is 11.3 Å². The van der Waals surface area contributed by atoms with E-state index in [0.717, 1.165) is 46.7 Å². The molecule has 1 aliphatic heterocycles. The van der Waals surface area contributed by atoms with Gasteiger partial charge >= 0.3 is 0 Å². The van der Waals surface area contributed by atoms with Gasteiger partial charge in [-0.3, -0.25) is 14.3 Å². The molecule has 5 nitrogen and oxygen atoms in total. The lowest BCUT2D eigenvalue weighted by atomic mass is 9.75. The lowest BCUT2D eigenvalue weighted by molar-refractivity contribution is 0.0794. The summed E-state index contributed by atoms with van der Waals surface area (Å²) in [6.45, 7) is 2.84. The molecule has 2 atom stereocenters. The summed E-state index contributed by atoms with van der Waals surface area (Å²) < 4.78 is 1.59. The van der Waals surface area contributed by atoms with Gasteiger partial charge in [0.2, 0.25) is 0 Å². The van der Waals surface area contributed by atoms with Crippen molar-refractivity contribution in [3.8, 4) is 17.2 Å². The SMILES string of the molecule is N#CCn1c(CN2CC[C@H]3CCCC[C@H]3C2)nc2scc(-c3ccccc3)c2c1=O. The van der Waals surface area contributed by atoms with Crippen molar-refractivity contribution >= 4 is 21.6 Å². The third kappa shape index (κ3) is 3.57. The van der Waals surface area contributed by atoms with Crippen molar-refractivity contribution in [1.29, 1.82) is 5.26 Å². The minimum atomic E-state index is -0.0933. The van der Waals surface area contributed by atoms with E-state index in [9.17, 15) is 10.1 Å². The number of nitrogens with zero attached hydrogens (tertiary/aromatic N) is 4. The Labute approximate surface area is 180 Å². The van der Waals surface area contributed by atoms with Gasteiger partial charge in [-0.05, 0) is 36.8 Å². The first-order valence-electron chi connectivity index (χ1n) is 10.9. The topological polar surface area (TPSA) is 61.9 Å². The van der Waals surface area contributed by atoms with E-state index in [0.29, 0.717) is 11.9 Å². The van der Waals surface area contributed by atoms with Crippen molar-refractivity contribution in [3.05, 3.63) is 51.9 Å². The first kappa shape index (κ1) is 19.5. The summed E-state index contributed by atoms with van der Waals surface area (Å²) in [5, 5.41) is 12.0. The van der Waals surface area contributed by atoms with Crippen LogP contribution in [0.2, 0.25) is 0 Å². The van der Waals surface area contributed by atoms with Gasteiger partial charge in [0.25, 0.3) is 5.56 Å². The summed E-state index contributed by atoms with van der Waals surface area (Å²) in [4.78, 5) is 21.5. The highest BCUT2D eigenvalue weighted by Crippen LogP contribution is 2.36. The van der Waals surface area contributed by atoms with Crippen LogP contribution in [-0.2, 0) is 13.1 Å². The number of hydrogen-bond donors (Lipinski definition) is 0. The molecular formula is C24H26N4OS. The monoisotopic (exact) mass is 418 g/mol. The van der Waals surface area contributed by atoms with Gasteiger partial charge in [0.15, 0.2) is 0 Å². The number of hydrogen-bond acceptors (Lipinski definition) is 5. The van der Waals surface area contributed by atoms with Crippen molar-refractivity contribution in [2.45, 2.75) is 45.2 Å². The number of piperidine rings is 1. The van der Waals surface area contributed by atoms with Gasteiger partial charge in [0, 0.05) is 17.5 Å². The number of thiophene rings is 1. The Hall–Kier alpha value is -2.49. The van der Waals surface area contributed by atoms with Crippen LogP contribution >= 0.6 is 11.3 Å². The first-order valence-corrected chi connectivity index (χ1v) is 11.8. The highest BCUT2D eigenvalue weighted by Gasteiger charge is 2.31. The number of likely N-dealkylation sites (tertiary alicyclic amines) is 1. The lowest BCUT2D eigenvalue weighted by Crippen LogP contribution is -2.42. The van der Waals surface area contributed by atoms with Gasteiger partial charge in [0.1, 0.15) is 17.2 Å². The molecular weight excluding hydrogens is 392 g/mol. The number of nitriles is 1. The van der Waals surface area contributed by atoms with Crippen LogP contribution in [-0.4, -0.2) is 27.5 Å².